The first-order valence-electron chi connectivity index (χ1n) is 8.25. The van der Waals surface area contributed by atoms with Crippen molar-refractivity contribution in [2.45, 2.75) is 6.42 Å². The Bertz CT molecular complexity index is 1010. The molecule has 2 aromatic carbocycles. The molecule has 0 bridgehead atoms. The van der Waals surface area contributed by atoms with E-state index >= 15 is 0 Å². The zero-order chi connectivity index (χ0) is 22.4. The standard InChI is InChI=1S/C19H14Cl4N2O5/c1-30-19(29)11(8-16(26)24-9-2-4-12(20)14(22)6-9)17(27)18(28)25-10-3-5-13(21)15(23)7-10/h2-7,11H,8H2,1H3,(H,24,26)(H,25,28)/t11-/m0/s1. The monoisotopic (exact) mass is 490 g/mol. The number of anilines is 2. The molecule has 2 N–H and O–H groups in total. The maximum Gasteiger partial charge on any atom is 0.317 e. The van der Waals surface area contributed by atoms with Crippen molar-refractivity contribution in [1.82, 2.24) is 0 Å². The van der Waals surface area contributed by atoms with Gasteiger partial charge in [-0.2, -0.15) is 0 Å². The fourth-order valence-corrected chi connectivity index (χ4v) is 2.92. The van der Waals surface area contributed by atoms with E-state index in [9.17, 15) is 19.2 Å². The normalized spacial score (nSPS) is 11.4. The number of ketones is 1. The molecule has 0 aliphatic rings. The number of hydrogen-bond donors (Lipinski definition) is 2. The van der Waals surface area contributed by atoms with Crippen LogP contribution >= 0.6 is 46.4 Å². The summed E-state index contributed by atoms with van der Waals surface area (Å²) in [5.41, 5.74) is 0.484. The molecule has 11 heteroatoms. The minimum atomic E-state index is -1.65. The molecule has 0 unspecified atom stereocenters. The van der Waals surface area contributed by atoms with Gasteiger partial charge in [0.1, 0.15) is 5.92 Å². The number of hydrogen-bond acceptors (Lipinski definition) is 5. The summed E-state index contributed by atoms with van der Waals surface area (Å²) in [6.45, 7) is 0. The van der Waals surface area contributed by atoms with Crippen LogP contribution in [-0.4, -0.2) is 30.7 Å². The van der Waals surface area contributed by atoms with Crippen molar-refractivity contribution in [1.29, 1.82) is 0 Å². The molecule has 7 nitrogen and oxygen atoms in total. The molecule has 0 aromatic heterocycles. The fourth-order valence-electron chi connectivity index (χ4n) is 2.32. The smallest absolute Gasteiger partial charge is 0.317 e. The average molecular weight is 492 g/mol. The van der Waals surface area contributed by atoms with Gasteiger partial charge in [-0.15, -0.1) is 0 Å². The van der Waals surface area contributed by atoms with Crippen molar-refractivity contribution in [3.05, 3.63) is 56.5 Å². The van der Waals surface area contributed by atoms with E-state index in [-0.39, 0.29) is 25.8 Å². The lowest BCUT2D eigenvalue weighted by molar-refractivity contribution is -0.153. The first-order chi connectivity index (χ1) is 14.1. The highest BCUT2D eigenvalue weighted by Gasteiger charge is 2.34. The van der Waals surface area contributed by atoms with Crippen LogP contribution in [0, 0.1) is 5.92 Å². The molecule has 0 saturated heterocycles. The maximum absolute atomic E-state index is 12.5. The van der Waals surface area contributed by atoms with Crippen molar-refractivity contribution < 1.29 is 23.9 Å². The highest BCUT2D eigenvalue weighted by molar-refractivity contribution is 6.45. The largest absolute Gasteiger partial charge is 0.468 e. The van der Waals surface area contributed by atoms with Crippen molar-refractivity contribution >= 4 is 81.3 Å². The van der Waals surface area contributed by atoms with Crippen molar-refractivity contribution in [3.63, 3.8) is 0 Å². The van der Waals surface area contributed by atoms with Gasteiger partial charge in [0.2, 0.25) is 11.7 Å². The van der Waals surface area contributed by atoms with Crippen molar-refractivity contribution in [2.24, 2.45) is 5.92 Å². The molecule has 0 heterocycles. The lowest BCUT2D eigenvalue weighted by Crippen LogP contribution is -2.37. The van der Waals surface area contributed by atoms with Crippen LogP contribution in [0.3, 0.4) is 0 Å². The highest BCUT2D eigenvalue weighted by Crippen LogP contribution is 2.26. The first kappa shape index (κ1) is 24.0. The molecule has 0 radical (unpaired) electrons. The van der Waals surface area contributed by atoms with Crippen molar-refractivity contribution in [2.75, 3.05) is 17.7 Å². The average Bonchev–Trinajstić information content (AvgIpc) is 2.70. The van der Waals surface area contributed by atoms with Gasteiger partial charge in [0, 0.05) is 17.8 Å². The molecule has 2 aromatic rings. The van der Waals surface area contributed by atoms with E-state index in [4.69, 9.17) is 46.4 Å². The van der Waals surface area contributed by atoms with Crippen LogP contribution in [0.4, 0.5) is 11.4 Å². The van der Waals surface area contributed by atoms with E-state index < -0.39 is 35.9 Å². The number of ether oxygens (including phenoxy) is 1. The van der Waals surface area contributed by atoms with E-state index in [1.807, 2.05) is 0 Å². The van der Waals surface area contributed by atoms with Gasteiger partial charge in [-0.3, -0.25) is 19.2 Å². The molecule has 158 valence electrons. The minimum Gasteiger partial charge on any atom is -0.468 e. The molecular formula is C19H14Cl4N2O5. The third kappa shape index (κ3) is 6.34. The molecule has 0 aliphatic carbocycles. The number of rotatable bonds is 7. The van der Waals surface area contributed by atoms with E-state index in [0.29, 0.717) is 5.69 Å². The quantitative estimate of drug-likeness (QED) is 0.334. The van der Waals surface area contributed by atoms with E-state index in [2.05, 4.69) is 15.4 Å². The van der Waals surface area contributed by atoms with Crippen LogP contribution in [0.5, 0.6) is 0 Å². The zero-order valence-electron chi connectivity index (χ0n) is 15.3. The second-order valence-electron chi connectivity index (χ2n) is 5.90. The van der Waals surface area contributed by atoms with Gasteiger partial charge in [0.15, 0.2) is 0 Å². The van der Waals surface area contributed by atoms with Crippen LogP contribution in [-0.2, 0) is 23.9 Å². The summed E-state index contributed by atoms with van der Waals surface area (Å²) in [5, 5.41) is 5.68. The van der Waals surface area contributed by atoms with Gasteiger partial charge < -0.3 is 15.4 Å². The van der Waals surface area contributed by atoms with Crippen LogP contribution < -0.4 is 10.6 Å². The Morgan fingerprint density at radius 1 is 0.833 bits per heavy atom. The van der Waals surface area contributed by atoms with Crippen LogP contribution in [0.15, 0.2) is 36.4 Å². The van der Waals surface area contributed by atoms with Gasteiger partial charge >= 0.3 is 5.97 Å². The molecule has 1 atom stereocenters. The van der Waals surface area contributed by atoms with E-state index in [0.717, 1.165) is 7.11 Å². The molecule has 2 amide bonds. The Labute approximate surface area is 191 Å². The summed E-state index contributed by atoms with van der Waals surface area (Å²) in [5.74, 6) is -5.67. The lowest BCUT2D eigenvalue weighted by atomic mass is 9.98. The van der Waals surface area contributed by atoms with E-state index in [1.165, 1.54) is 36.4 Å². The van der Waals surface area contributed by atoms with Crippen molar-refractivity contribution in [3.8, 4) is 0 Å². The number of Topliss-reactive ketones (excluding diaryl/α,β-unsaturated/α-hetero) is 1. The highest BCUT2D eigenvalue weighted by atomic mass is 35.5. The predicted octanol–water partition coefficient (Wildman–Crippen LogP) is 4.63. The Balaban J connectivity index is 2.11. The fraction of sp³-hybridized carbons (Fsp3) is 0.158. The van der Waals surface area contributed by atoms with Gasteiger partial charge in [-0.05, 0) is 36.4 Å². The molecule has 0 fully saturated rings. The second kappa shape index (κ2) is 10.6. The predicted molar refractivity (Wildman–Crippen MR) is 115 cm³/mol. The van der Waals surface area contributed by atoms with Crippen LogP contribution in [0.2, 0.25) is 20.1 Å². The third-order valence-electron chi connectivity index (χ3n) is 3.80. The molecule has 2 rings (SSSR count). The number of carbonyl (C=O) groups excluding carboxylic acids is 4. The summed E-state index contributed by atoms with van der Waals surface area (Å²) in [6.07, 6.45) is -0.624. The lowest BCUT2D eigenvalue weighted by Gasteiger charge is -2.14. The summed E-state index contributed by atoms with van der Waals surface area (Å²) < 4.78 is 4.56. The van der Waals surface area contributed by atoms with Crippen LogP contribution in [0.25, 0.3) is 0 Å². The number of esters is 1. The Morgan fingerprint density at radius 3 is 1.80 bits per heavy atom. The summed E-state index contributed by atoms with van der Waals surface area (Å²) >= 11 is 23.4. The van der Waals surface area contributed by atoms with Gasteiger partial charge in [0.05, 0.1) is 27.2 Å². The van der Waals surface area contributed by atoms with Crippen LogP contribution in [0.1, 0.15) is 6.42 Å². The molecule has 0 spiro atoms. The van der Waals surface area contributed by atoms with Gasteiger partial charge in [0.25, 0.3) is 5.91 Å². The Kier molecular flexibility index (Phi) is 8.49. The minimum absolute atomic E-state index is 0.160. The number of benzene rings is 2. The summed E-state index contributed by atoms with van der Waals surface area (Å²) in [6, 6.07) is 8.52. The zero-order valence-corrected chi connectivity index (χ0v) is 18.3. The molecular weight excluding hydrogens is 478 g/mol. The topological polar surface area (TPSA) is 102 Å². The Morgan fingerprint density at radius 2 is 1.33 bits per heavy atom. The third-order valence-corrected chi connectivity index (χ3v) is 5.27. The molecule has 0 aliphatic heterocycles. The van der Waals surface area contributed by atoms with E-state index in [1.54, 1.807) is 0 Å². The Hall–Kier alpha value is -2.32. The number of amides is 2. The number of halogens is 4. The first-order valence-corrected chi connectivity index (χ1v) is 9.76. The SMILES string of the molecule is COC(=O)[C@@H](CC(=O)Nc1ccc(Cl)c(Cl)c1)C(=O)C(=O)Nc1ccc(Cl)c(Cl)c1. The second-order valence-corrected chi connectivity index (χ2v) is 7.53. The number of nitrogens with one attached hydrogen (secondary N) is 2. The molecule has 0 saturated carbocycles. The molecule has 30 heavy (non-hydrogen) atoms. The maximum atomic E-state index is 12.5. The van der Waals surface area contributed by atoms with Gasteiger partial charge in [-0.25, -0.2) is 0 Å². The number of methoxy groups -OCH3 is 1. The summed E-state index contributed by atoms with van der Waals surface area (Å²) in [7, 11) is 1.04. The van der Waals surface area contributed by atoms with Gasteiger partial charge in [-0.1, -0.05) is 46.4 Å². The summed E-state index contributed by atoms with van der Waals surface area (Å²) in [4.78, 5) is 49.1. The number of carbonyl (C=O) groups is 4.